The summed E-state index contributed by atoms with van der Waals surface area (Å²) >= 11 is 0. The number of rotatable bonds is 5. The van der Waals surface area contributed by atoms with Crippen molar-refractivity contribution >= 4 is 33.4 Å². The van der Waals surface area contributed by atoms with Crippen LogP contribution in [0.4, 0.5) is 18.9 Å². The predicted molar refractivity (Wildman–Crippen MR) is 122 cm³/mol. The summed E-state index contributed by atoms with van der Waals surface area (Å²) in [6.07, 6.45) is 2.96. The van der Waals surface area contributed by atoms with Crippen molar-refractivity contribution in [3.05, 3.63) is 108 Å². The molecule has 168 valence electrons. The van der Waals surface area contributed by atoms with Crippen molar-refractivity contribution in [2.24, 2.45) is 0 Å². The average molecular weight is 459 g/mol. The summed E-state index contributed by atoms with van der Waals surface area (Å²) in [6.45, 7) is -0.343. The SMILES string of the molecule is O=C(Nc1ccnc2ccc(F)cc12)c1ccnc2c(OCc3c(F)cccc3F)cccc12. The Morgan fingerprint density at radius 2 is 1.62 bits per heavy atom. The lowest BCUT2D eigenvalue weighted by molar-refractivity contribution is 0.102. The molecule has 0 radical (unpaired) electrons. The first-order valence-electron chi connectivity index (χ1n) is 10.3. The zero-order chi connectivity index (χ0) is 23.7. The van der Waals surface area contributed by atoms with Gasteiger partial charge in [-0.15, -0.1) is 0 Å². The highest BCUT2D eigenvalue weighted by atomic mass is 19.1. The van der Waals surface area contributed by atoms with Crippen LogP contribution in [0.3, 0.4) is 0 Å². The lowest BCUT2D eigenvalue weighted by atomic mass is 10.1. The smallest absolute Gasteiger partial charge is 0.256 e. The van der Waals surface area contributed by atoms with Gasteiger partial charge in [-0.3, -0.25) is 14.8 Å². The van der Waals surface area contributed by atoms with Crippen LogP contribution in [-0.4, -0.2) is 15.9 Å². The van der Waals surface area contributed by atoms with E-state index in [-0.39, 0.29) is 17.9 Å². The van der Waals surface area contributed by atoms with E-state index in [1.165, 1.54) is 36.7 Å². The van der Waals surface area contributed by atoms with Gasteiger partial charge in [-0.25, -0.2) is 13.2 Å². The minimum absolute atomic E-state index is 0.204. The molecule has 5 nitrogen and oxygen atoms in total. The molecule has 2 aromatic heterocycles. The van der Waals surface area contributed by atoms with Crippen LogP contribution in [0, 0.1) is 17.5 Å². The van der Waals surface area contributed by atoms with Crippen molar-refractivity contribution in [3.63, 3.8) is 0 Å². The van der Waals surface area contributed by atoms with Gasteiger partial charge in [0.15, 0.2) is 0 Å². The largest absolute Gasteiger partial charge is 0.486 e. The molecule has 0 spiro atoms. The Kier molecular flexibility index (Phi) is 5.55. The number of amides is 1. The Labute approximate surface area is 191 Å². The van der Waals surface area contributed by atoms with E-state index in [1.54, 1.807) is 30.3 Å². The molecular formula is C26H16F3N3O2. The number of anilines is 1. The van der Waals surface area contributed by atoms with E-state index in [4.69, 9.17) is 4.74 Å². The molecule has 5 aromatic rings. The zero-order valence-electron chi connectivity index (χ0n) is 17.6. The van der Waals surface area contributed by atoms with Gasteiger partial charge in [-0.1, -0.05) is 18.2 Å². The number of carbonyl (C=O) groups excluding carboxylic acids is 1. The third-order valence-electron chi connectivity index (χ3n) is 5.36. The molecule has 3 aromatic carbocycles. The van der Waals surface area contributed by atoms with Gasteiger partial charge in [0, 0.05) is 23.2 Å². The van der Waals surface area contributed by atoms with Gasteiger partial charge >= 0.3 is 0 Å². The van der Waals surface area contributed by atoms with E-state index in [1.807, 2.05) is 0 Å². The van der Waals surface area contributed by atoms with Gasteiger partial charge in [0.2, 0.25) is 0 Å². The quantitative estimate of drug-likeness (QED) is 0.349. The van der Waals surface area contributed by atoms with Crippen LogP contribution in [0.2, 0.25) is 0 Å². The second-order valence-corrected chi connectivity index (χ2v) is 7.47. The molecule has 34 heavy (non-hydrogen) atoms. The summed E-state index contributed by atoms with van der Waals surface area (Å²) in [5.74, 6) is -2.05. The summed E-state index contributed by atoms with van der Waals surface area (Å²) in [5.41, 5.74) is 1.40. The van der Waals surface area contributed by atoms with E-state index in [9.17, 15) is 18.0 Å². The van der Waals surface area contributed by atoms with Crippen molar-refractivity contribution in [3.8, 4) is 5.75 Å². The van der Waals surface area contributed by atoms with Gasteiger partial charge in [0.1, 0.15) is 35.3 Å². The average Bonchev–Trinajstić information content (AvgIpc) is 2.84. The maximum atomic E-state index is 14.0. The second-order valence-electron chi connectivity index (χ2n) is 7.47. The first-order valence-corrected chi connectivity index (χ1v) is 10.3. The molecule has 5 rings (SSSR count). The third kappa shape index (κ3) is 4.01. The fourth-order valence-electron chi connectivity index (χ4n) is 3.70. The molecular weight excluding hydrogens is 443 g/mol. The molecule has 0 aliphatic heterocycles. The fraction of sp³-hybridized carbons (Fsp3) is 0.0385. The molecule has 0 unspecified atom stereocenters. The third-order valence-corrected chi connectivity index (χ3v) is 5.36. The van der Waals surface area contributed by atoms with Crippen LogP contribution in [0.15, 0.2) is 79.1 Å². The number of nitrogens with one attached hydrogen (secondary N) is 1. The number of para-hydroxylation sites is 1. The van der Waals surface area contributed by atoms with Crippen molar-refractivity contribution < 1.29 is 22.7 Å². The van der Waals surface area contributed by atoms with E-state index < -0.39 is 23.4 Å². The summed E-state index contributed by atoms with van der Waals surface area (Å²) < 4.78 is 47.4. The van der Waals surface area contributed by atoms with E-state index in [0.717, 1.165) is 12.1 Å². The van der Waals surface area contributed by atoms with Gasteiger partial charge in [0.25, 0.3) is 5.91 Å². The number of benzene rings is 3. The van der Waals surface area contributed by atoms with Crippen LogP contribution in [-0.2, 0) is 6.61 Å². The number of carbonyl (C=O) groups is 1. The summed E-state index contributed by atoms with van der Waals surface area (Å²) in [4.78, 5) is 21.6. The Balaban J connectivity index is 1.47. The lowest BCUT2D eigenvalue weighted by Gasteiger charge is -2.13. The van der Waals surface area contributed by atoms with Crippen molar-refractivity contribution in [1.29, 1.82) is 0 Å². The number of hydrogen-bond donors (Lipinski definition) is 1. The number of halogens is 3. The van der Waals surface area contributed by atoms with E-state index in [2.05, 4.69) is 15.3 Å². The second kappa shape index (κ2) is 8.82. The zero-order valence-corrected chi connectivity index (χ0v) is 17.6. The Hall–Kier alpha value is -4.46. The van der Waals surface area contributed by atoms with Crippen molar-refractivity contribution in [2.45, 2.75) is 6.61 Å². The maximum absolute atomic E-state index is 14.0. The van der Waals surface area contributed by atoms with Crippen LogP contribution in [0.5, 0.6) is 5.75 Å². The molecule has 8 heteroatoms. The van der Waals surface area contributed by atoms with Gasteiger partial charge in [-0.05, 0) is 48.5 Å². The van der Waals surface area contributed by atoms with Crippen LogP contribution < -0.4 is 10.1 Å². The molecule has 0 atom stereocenters. The number of aromatic nitrogens is 2. The van der Waals surface area contributed by atoms with Gasteiger partial charge in [0.05, 0.1) is 22.3 Å². The molecule has 1 N–H and O–H groups in total. The minimum Gasteiger partial charge on any atom is -0.486 e. The first kappa shape index (κ1) is 21.4. The van der Waals surface area contributed by atoms with Crippen molar-refractivity contribution in [2.75, 3.05) is 5.32 Å². The highest BCUT2D eigenvalue weighted by Crippen LogP contribution is 2.29. The topological polar surface area (TPSA) is 64.1 Å². The summed E-state index contributed by atoms with van der Waals surface area (Å²) in [6, 6.07) is 15.8. The van der Waals surface area contributed by atoms with E-state index in [0.29, 0.717) is 33.1 Å². The highest BCUT2D eigenvalue weighted by Gasteiger charge is 2.16. The number of nitrogens with zero attached hydrogens (tertiary/aromatic N) is 2. The minimum atomic E-state index is -0.714. The highest BCUT2D eigenvalue weighted by molar-refractivity contribution is 6.15. The maximum Gasteiger partial charge on any atom is 0.256 e. The van der Waals surface area contributed by atoms with Crippen LogP contribution in [0.1, 0.15) is 15.9 Å². The van der Waals surface area contributed by atoms with Crippen molar-refractivity contribution in [1.82, 2.24) is 9.97 Å². The Morgan fingerprint density at radius 3 is 2.44 bits per heavy atom. The van der Waals surface area contributed by atoms with Crippen LogP contribution in [0.25, 0.3) is 21.8 Å². The monoisotopic (exact) mass is 459 g/mol. The van der Waals surface area contributed by atoms with E-state index >= 15 is 0 Å². The molecule has 0 fully saturated rings. The fourth-order valence-corrected chi connectivity index (χ4v) is 3.70. The van der Waals surface area contributed by atoms with Crippen LogP contribution >= 0.6 is 0 Å². The molecule has 0 aliphatic rings. The standard InChI is InChI=1S/C26H16F3N3O2/c27-15-7-8-22-18(13-15)23(10-12-30-22)32-26(33)17-9-11-31-25-16(17)3-1-6-24(25)34-14-19-20(28)4-2-5-21(19)29/h1-13H,14H2,(H,30,32,33). The molecule has 0 aliphatic carbocycles. The Morgan fingerprint density at radius 1 is 0.853 bits per heavy atom. The number of hydrogen-bond acceptors (Lipinski definition) is 4. The molecule has 0 saturated carbocycles. The van der Waals surface area contributed by atoms with Gasteiger partial charge in [-0.2, -0.15) is 0 Å². The molecule has 2 heterocycles. The number of pyridine rings is 2. The molecule has 1 amide bonds. The normalized spacial score (nSPS) is 11.0. The first-order chi connectivity index (χ1) is 16.5. The lowest BCUT2D eigenvalue weighted by Crippen LogP contribution is -2.13. The molecule has 0 bridgehead atoms. The van der Waals surface area contributed by atoms with Gasteiger partial charge < -0.3 is 10.1 Å². The number of ether oxygens (including phenoxy) is 1. The molecule has 0 saturated heterocycles. The summed E-state index contributed by atoms with van der Waals surface area (Å²) in [5, 5.41) is 3.75. The summed E-state index contributed by atoms with van der Waals surface area (Å²) in [7, 11) is 0. The number of fused-ring (bicyclic) bond motifs is 2. The predicted octanol–water partition coefficient (Wildman–Crippen LogP) is 6.03. The Bertz CT molecular complexity index is 1540.